The molecule has 28 heavy (non-hydrogen) atoms. The van der Waals surface area contributed by atoms with Gasteiger partial charge < -0.3 is 10.1 Å². The van der Waals surface area contributed by atoms with Crippen LogP contribution >= 0.6 is 0 Å². The van der Waals surface area contributed by atoms with Crippen molar-refractivity contribution in [1.29, 1.82) is 0 Å². The first-order chi connectivity index (χ1) is 13.6. The molecule has 0 bridgehead atoms. The number of methoxy groups -OCH3 is 1. The zero-order chi connectivity index (χ0) is 19.5. The molecule has 1 aromatic heterocycles. The molecule has 2 aromatic carbocycles. The molecule has 4 nitrogen and oxygen atoms in total. The van der Waals surface area contributed by atoms with E-state index in [0.717, 1.165) is 24.2 Å². The van der Waals surface area contributed by atoms with Crippen LogP contribution in [0.15, 0.2) is 66.9 Å². The van der Waals surface area contributed by atoms with E-state index in [-0.39, 0.29) is 17.8 Å². The quantitative estimate of drug-likeness (QED) is 0.674. The van der Waals surface area contributed by atoms with Gasteiger partial charge in [-0.1, -0.05) is 24.3 Å². The largest absolute Gasteiger partial charge is 0.497 e. The fourth-order valence-corrected chi connectivity index (χ4v) is 3.29. The van der Waals surface area contributed by atoms with Crippen LogP contribution in [0, 0.1) is 11.7 Å². The third kappa shape index (κ3) is 4.03. The fraction of sp³-hybridized carbons (Fsp3) is 0.217. The molecule has 0 radical (unpaired) electrons. The van der Waals surface area contributed by atoms with Crippen LogP contribution in [-0.4, -0.2) is 18.0 Å². The third-order valence-electron chi connectivity index (χ3n) is 5.00. The average Bonchev–Trinajstić information content (AvgIpc) is 3.57. The van der Waals surface area contributed by atoms with E-state index in [1.54, 1.807) is 31.4 Å². The van der Waals surface area contributed by atoms with Crippen molar-refractivity contribution in [3.63, 3.8) is 0 Å². The Kier molecular flexibility index (Phi) is 5.06. The predicted molar refractivity (Wildman–Crippen MR) is 106 cm³/mol. The van der Waals surface area contributed by atoms with Crippen molar-refractivity contribution in [3.8, 4) is 17.0 Å². The SMILES string of the molecule is COc1ccc(C(NC(=O)c2ccc(-c3cccc(F)c3)nc2)C2CC2)cc1. The van der Waals surface area contributed by atoms with Gasteiger partial charge in [0, 0.05) is 11.8 Å². The Morgan fingerprint density at radius 2 is 1.93 bits per heavy atom. The summed E-state index contributed by atoms with van der Waals surface area (Å²) in [5.41, 5.74) is 2.87. The van der Waals surface area contributed by atoms with E-state index in [4.69, 9.17) is 4.74 Å². The molecule has 1 atom stereocenters. The van der Waals surface area contributed by atoms with Gasteiger partial charge in [-0.15, -0.1) is 0 Å². The normalized spacial score (nSPS) is 14.4. The van der Waals surface area contributed by atoms with Gasteiger partial charge in [-0.25, -0.2) is 4.39 Å². The van der Waals surface area contributed by atoms with Crippen LogP contribution in [0.25, 0.3) is 11.3 Å². The molecular formula is C23H21FN2O2. The zero-order valence-corrected chi connectivity index (χ0v) is 15.6. The van der Waals surface area contributed by atoms with Crippen molar-refractivity contribution >= 4 is 5.91 Å². The summed E-state index contributed by atoms with van der Waals surface area (Å²) in [7, 11) is 1.63. The maximum absolute atomic E-state index is 13.4. The summed E-state index contributed by atoms with van der Waals surface area (Å²) in [6, 6.07) is 17.5. The van der Waals surface area contributed by atoms with Gasteiger partial charge in [-0.2, -0.15) is 0 Å². The summed E-state index contributed by atoms with van der Waals surface area (Å²) >= 11 is 0. The number of nitrogens with one attached hydrogen (secondary N) is 1. The van der Waals surface area contributed by atoms with Crippen LogP contribution in [0.3, 0.4) is 0 Å². The van der Waals surface area contributed by atoms with E-state index in [1.165, 1.54) is 18.3 Å². The molecule has 142 valence electrons. The molecule has 1 aliphatic carbocycles. The van der Waals surface area contributed by atoms with E-state index in [9.17, 15) is 9.18 Å². The Hall–Kier alpha value is -3.21. The van der Waals surface area contributed by atoms with Crippen LogP contribution in [0.5, 0.6) is 5.75 Å². The Morgan fingerprint density at radius 1 is 1.14 bits per heavy atom. The van der Waals surface area contributed by atoms with Gasteiger partial charge in [0.05, 0.1) is 24.4 Å². The van der Waals surface area contributed by atoms with Crippen LogP contribution in [0.4, 0.5) is 4.39 Å². The van der Waals surface area contributed by atoms with Crippen molar-refractivity contribution in [3.05, 3.63) is 83.8 Å². The summed E-state index contributed by atoms with van der Waals surface area (Å²) in [5, 5.41) is 3.14. The number of rotatable bonds is 6. The number of hydrogen-bond donors (Lipinski definition) is 1. The second-order valence-electron chi connectivity index (χ2n) is 7.00. The summed E-state index contributed by atoms with van der Waals surface area (Å²) in [4.78, 5) is 17.1. The maximum Gasteiger partial charge on any atom is 0.253 e. The van der Waals surface area contributed by atoms with Crippen molar-refractivity contribution < 1.29 is 13.9 Å². The first-order valence-electron chi connectivity index (χ1n) is 9.31. The lowest BCUT2D eigenvalue weighted by Crippen LogP contribution is -2.30. The Balaban J connectivity index is 1.50. The number of ether oxygens (including phenoxy) is 1. The van der Waals surface area contributed by atoms with E-state index in [0.29, 0.717) is 22.7 Å². The van der Waals surface area contributed by atoms with Gasteiger partial charge in [-0.3, -0.25) is 9.78 Å². The van der Waals surface area contributed by atoms with Crippen LogP contribution in [0.2, 0.25) is 0 Å². The number of carbonyl (C=O) groups excluding carboxylic acids is 1. The molecule has 1 heterocycles. The molecule has 1 aliphatic rings. The summed E-state index contributed by atoms with van der Waals surface area (Å²) in [6.07, 6.45) is 3.75. The fourth-order valence-electron chi connectivity index (χ4n) is 3.29. The Morgan fingerprint density at radius 3 is 2.54 bits per heavy atom. The smallest absolute Gasteiger partial charge is 0.253 e. The molecule has 1 fully saturated rings. The first-order valence-corrected chi connectivity index (χ1v) is 9.31. The van der Waals surface area contributed by atoms with Crippen molar-refractivity contribution in [2.75, 3.05) is 7.11 Å². The number of pyridine rings is 1. The highest BCUT2D eigenvalue weighted by molar-refractivity contribution is 5.94. The molecule has 1 saturated carbocycles. The van der Waals surface area contributed by atoms with Crippen molar-refractivity contribution in [1.82, 2.24) is 10.3 Å². The highest BCUT2D eigenvalue weighted by Gasteiger charge is 2.33. The number of carbonyl (C=O) groups is 1. The lowest BCUT2D eigenvalue weighted by Gasteiger charge is -2.19. The van der Waals surface area contributed by atoms with Gasteiger partial charge in [0.1, 0.15) is 11.6 Å². The Bertz CT molecular complexity index is 967. The first kappa shape index (κ1) is 18.2. The van der Waals surface area contributed by atoms with E-state index < -0.39 is 0 Å². The topological polar surface area (TPSA) is 51.2 Å². The van der Waals surface area contributed by atoms with Crippen LogP contribution in [0.1, 0.15) is 34.8 Å². The molecule has 1 unspecified atom stereocenters. The second-order valence-corrected chi connectivity index (χ2v) is 7.00. The Labute approximate surface area is 163 Å². The minimum Gasteiger partial charge on any atom is -0.497 e. The standard InChI is InChI=1S/C23H21FN2O2/c1-28-20-10-7-16(8-11-20)22(15-5-6-15)26-23(27)18-9-12-21(25-14-18)17-3-2-4-19(24)13-17/h2-4,7-15,22H,5-6H2,1H3,(H,26,27). The molecule has 5 heteroatoms. The van der Waals surface area contributed by atoms with Crippen LogP contribution in [-0.2, 0) is 0 Å². The second kappa shape index (κ2) is 7.80. The van der Waals surface area contributed by atoms with E-state index in [1.807, 2.05) is 24.3 Å². The molecule has 0 saturated heterocycles. The van der Waals surface area contributed by atoms with Crippen molar-refractivity contribution in [2.24, 2.45) is 5.92 Å². The maximum atomic E-state index is 13.4. The number of nitrogens with zero attached hydrogens (tertiary/aromatic N) is 1. The van der Waals surface area contributed by atoms with Gasteiger partial charge in [0.15, 0.2) is 0 Å². The number of amides is 1. The van der Waals surface area contributed by atoms with Gasteiger partial charge in [0.25, 0.3) is 5.91 Å². The third-order valence-corrected chi connectivity index (χ3v) is 5.00. The molecule has 1 amide bonds. The van der Waals surface area contributed by atoms with Crippen LogP contribution < -0.4 is 10.1 Å². The van der Waals surface area contributed by atoms with Gasteiger partial charge in [-0.05, 0) is 60.7 Å². The summed E-state index contributed by atoms with van der Waals surface area (Å²) in [5.74, 6) is 0.775. The minimum absolute atomic E-state index is 0.0266. The van der Waals surface area contributed by atoms with E-state index >= 15 is 0 Å². The lowest BCUT2D eigenvalue weighted by molar-refractivity contribution is 0.0931. The molecule has 3 aromatic rings. The molecule has 1 N–H and O–H groups in total. The minimum atomic E-state index is -0.312. The number of hydrogen-bond acceptors (Lipinski definition) is 3. The monoisotopic (exact) mass is 376 g/mol. The number of aromatic nitrogens is 1. The number of benzene rings is 2. The predicted octanol–water partition coefficient (Wildman–Crippen LogP) is 4.78. The molecule has 0 aliphatic heterocycles. The molecule has 4 rings (SSSR count). The molecular weight excluding hydrogens is 355 g/mol. The average molecular weight is 376 g/mol. The number of halogens is 1. The highest BCUT2D eigenvalue weighted by Crippen LogP contribution is 2.41. The molecule has 0 spiro atoms. The van der Waals surface area contributed by atoms with Gasteiger partial charge >= 0.3 is 0 Å². The van der Waals surface area contributed by atoms with Crippen molar-refractivity contribution in [2.45, 2.75) is 18.9 Å². The van der Waals surface area contributed by atoms with Gasteiger partial charge in [0.2, 0.25) is 0 Å². The summed E-state index contributed by atoms with van der Waals surface area (Å²) in [6.45, 7) is 0. The lowest BCUT2D eigenvalue weighted by atomic mass is 10.0. The summed E-state index contributed by atoms with van der Waals surface area (Å²) < 4.78 is 18.6. The zero-order valence-electron chi connectivity index (χ0n) is 15.6. The van der Waals surface area contributed by atoms with E-state index in [2.05, 4.69) is 10.3 Å². The highest BCUT2D eigenvalue weighted by atomic mass is 19.1.